The molecular formula is C9H12ClNOS. The molecule has 0 fully saturated rings. The molecule has 0 aliphatic carbocycles. The van der Waals surface area contributed by atoms with E-state index >= 15 is 0 Å². The lowest BCUT2D eigenvalue weighted by Gasteiger charge is -2.02. The Balaban J connectivity index is 2.54. The van der Waals surface area contributed by atoms with Crippen molar-refractivity contribution in [1.82, 2.24) is 0 Å². The number of hydrogen-bond acceptors (Lipinski definition) is 3. The number of carbonyl (C=O) groups excluding carboxylic acids is 1. The van der Waals surface area contributed by atoms with E-state index in [0.29, 0.717) is 22.7 Å². The number of nitrogens with two attached hydrogens (primary N) is 1. The molecule has 4 heteroatoms. The zero-order chi connectivity index (χ0) is 9.84. The van der Waals surface area contributed by atoms with Crippen LogP contribution >= 0.6 is 22.9 Å². The first kappa shape index (κ1) is 10.7. The maximum Gasteiger partial charge on any atom is 0.174 e. The molecule has 0 aliphatic heterocycles. The van der Waals surface area contributed by atoms with Crippen LogP contribution in [0.15, 0.2) is 11.4 Å². The lowest BCUT2D eigenvalue weighted by molar-refractivity contribution is 0.0982. The molecule has 13 heavy (non-hydrogen) atoms. The van der Waals surface area contributed by atoms with Crippen LogP contribution in [0.25, 0.3) is 0 Å². The number of carbonyl (C=O) groups is 1. The Labute approximate surface area is 86.7 Å². The van der Waals surface area contributed by atoms with Crippen molar-refractivity contribution in [2.45, 2.75) is 25.8 Å². The molecule has 0 aliphatic rings. The fourth-order valence-electron chi connectivity index (χ4n) is 0.965. The third-order valence-electron chi connectivity index (χ3n) is 1.70. The molecule has 1 rings (SSSR count). The second kappa shape index (κ2) is 4.74. The van der Waals surface area contributed by atoms with Gasteiger partial charge in [0.15, 0.2) is 5.78 Å². The van der Waals surface area contributed by atoms with Crippen LogP contribution < -0.4 is 5.73 Å². The van der Waals surface area contributed by atoms with Crippen LogP contribution in [-0.4, -0.2) is 11.8 Å². The first-order chi connectivity index (χ1) is 6.11. The van der Waals surface area contributed by atoms with Gasteiger partial charge in [-0.25, -0.2) is 0 Å². The first-order valence-electron chi connectivity index (χ1n) is 4.13. The summed E-state index contributed by atoms with van der Waals surface area (Å²) >= 11 is 7.20. The third kappa shape index (κ3) is 3.10. The number of ketones is 1. The average Bonchev–Trinajstić information content (AvgIpc) is 2.47. The highest BCUT2D eigenvalue weighted by atomic mass is 35.5. The zero-order valence-corrected chi connectivity index (χ0v) is 8.99. The van der Waals surface area contributed by atoms with E-state index < -0.39 is 0 Å². The van der Waals surface area contributed by atoms with E-state index in [1.807, 2.05) is 12.3 Å². The molecule has 1 unspecified atom stereocenters. The molecule has 1 aromatic heterocycles. The van der Waals surface area contributed by atoms with Crippen LogP contribution in [0.1, 0.15) is 29.4 Å². The summed E-state index contributed by atoms with van der Waals surface area (Å²) in [6.07, 6.45) is 1.20. The number of rotatable bonds is 4. The maximum absolute atomic E-state index is 11.5. The minimum absolute atomic E-state index is 0.0719. The van der Waals surface area contributed by atoms with Gasteiger partial charge in [-0.15, -0.1) is 11.3 Å². The normalized spacial score (nSPS) is 12.8. The Hall–Kier alpha value is -0.380. The predicted octanol–water partition coefficient (Wildman–Crippen LogP) is 2.71. The minimum Gasteiger partial charge on any atom is -0.328 e. The topological polar surface area (TPSA) is 43.1 Å². The van der Waals surface area contributed by atoms with Crippen molar-refractivity contribution in [2.24, 2.45) is 5.73 Å². The molecule has 1 atom stereocenters. The lowest BCUT2D eigenvalue weighted by atomic mass is 10.1. The van der Waals surface area contributed by atoms with Crippen molar-refractivity contribution in [3.05, 3.63) is 21.3 Å². The van der Waals surface area contributed by atoms with E-state index in [9.17, 15) is 4.79 Å². The van der Waals surface area contributed by atoms with Crippen LogP contribution in [0, 0.1) is 0 Å². The van der Waals surface area contributed by atoms with Gasteiger partial charge in [-0.1, -0.05) is 11.6 Å². The summed E-state index contributed by atoms with van der Waals surface area (Å²) in [7, 11) is 0. The summed E-state index contributed by atoms with van der Waals surface area (Å²) in [5, 5.41) is 2.38. The summed E-state index contributed by atoms with van der Waals surface area (Å²) in [5.41, 5.74) is 5.55. The number of hydrogen-bond donors (Lipinski definition) is 1. The van der Waals surface area contributed by atoms with E-state index in [4.69, 9.17) is 17.3 Å². The van der Waals surface area contributed by atoms with Gasteiger partial charge in [-0.05, 0) is 24.8 Å². The van der Waals surface area contributed by atoms with Crippen molar-refractivity contribution in [3.63, 3.8) is 0 Å². The summed E-state index contributed by atoms with van der Waals surface area (Å²) in [5.74, 6) is 0.0947. The van der Waals surface area contributed by atoms with Gasteiger partial charge in [0.1, 0.15) is 0 Å². The fraction of sp³-hybridized carbons (Fsp3) is 0.444. The molecule has 0 amide bonds. The van der Waals surface area contributed by atoms with Crippen LogP contribution in [0.5, 0.6) is 0 Å². The van der Waals surface area contributed by atoms with Gasteiger partial charge in [0.25, 0.3) is 0 Å². The molecule has 0 radical (unpaired) electrons. The molecule has 1 aromatic rings. The largest absolute Gasteiger partial charge is 0.328 e. The first-order valence-corrected chi connectivity index (χ1v) is 5.39. The Morgan fingerprint density at radius 3 is 2.92 bits per heavy atom. The van der Waals surface area contributed by atoms with E-state index in [-0.39, 0.29) is 11.8 Å². The number of thiophene rings is 1. The maximum atomic E-state index is 11.5. The Bertz CT molecular complexity index is 296. The van der Waals surface area contributed by atoms with Crippen molar-refractivity contribution >= 4 is 28.7 Å². The quantitative estimate of drug-likeness (QED) is 0.789. The summed E-state index contributed by atoms with van der Waals surface area (Å²) in [6, 6.07) is 1.81. The molecule has 0 aromatic carbocycles. The highest BCUT2D eigenvalue weighted by Gasteiger charge is 2.11. The highest BCUT2D eigenvalue weighted by molar-refractivity contribution is 7.12. The molecule has 0 saturated carbocycles. The van der Waals surface area contributed by atoms with Crippen molar-refractivity contribution in [3.8, 4) is 0 Å². The van der Waals surface area contributed by atoms with E-state index in [1.165, 1.54) is 11.3 Å². The molecular weight excluding hydrogens is 206 g/mol. The van der Waals surface area contributed by atoms with E-state index in [2.05, 4.69) is 0 Å². The second-order valence-corrected chi connectivity index (χ2v) is 4.36. The summed E-state index contributed by atoms with van der Waals surface area (Å²) in [6.45, 7) is 1.89. The Morgan fingerprint density at radius 1 is 1.77 bits per heavy atom. The van der Waals surface area contributed by atoms with Crippen LogP contribution in [0.4, 0.5) is 0 Å². The standard InChI is InChI=1S/C9H12ClNOS/c1-6(11)2-3-8(12)9-7(10)4-5-13-9/h4-6H,2-3,11H2,1H3. The van der Waals surface area contributed by atoms with Gasteiger partial charge in [-0.2, -0.15) is 0 Å². The zero-order valence-electron chi connectivity index (χ0n) is 7.42. The second-order valence-electron chi connectivity index (χ2n) is 3.04. The molecule has 72 valence electrons. The van der Waals surface area contributed by atoms with Crippen LogP contribution in [0.2, 0.25) is 5.02 Å². The lowest BCUT2D eigenvalue weighted by Crippen LogP contribution is -2.16. The Morgan fingerprint density at radius 2 is 2.46 bits per heavy atom. The molecule has 0 saturated heterocycles. The molecule has 2 N–H and O–H groups in total. The minimum atomic E-state index is 0.0719. The Kier molecular flexibility index (Phi) is 3.90. The van der Waals surface area contributed by atoms with Crippen molar-refractivity contribution in [2.75, 3.05) is 0 Å². The third-order valence-corrected chi connectivity index (χ3v) is 3.08. The summed E-state index contributed by atoms with van der Waals surface area (Å²) in [4.78, 5) is 12.2. The average molecular weight is 218 g/mol. The molecule has 1 heterocycles. The number of Topliss-reactive ketones (excluding diaryl/α,β-unsaturated/α-hetero) is 1. The smallest absolute Gasteiger partial charge is 0.174 e. The van der Waals surface area contributed by atoms with Crippen molar-refractivity contribution < 1.29 is 4.79 Å². The number of halogens is 1. The van der Waals surface area contributed by atoms with Gasteiger partial charge in [0.2, 0.25) is 0 Å². The van der Waals surface area contributed by atoms with Crippen LogP contribution in [-0.2, 0) is 0 Å². The van der Waals surface area contributed by atoms with E-state index in [0.717, 1.165) is 0 Å². The van der Waals surface area contributed by atoms with Crippen molar-refractivity contribution in [1.29, 1.82) is 0 Å². The predicted molar refractivity (Wildman–Crippen MR) is 56.5 cm³/mol. The molecule has 2 nitrogen and oxygen atoms in total. The van der Waals surface area contributed by atoms with Gasteiger partial charge in [0, 0.05) is 12.5 Å². The monoisotopic (exact) mass is 217 g/mol. The van der Waals surface area contributed by atoms with Gasteiger partial charge in [-0.3, -0.25) is 4.79 Å². The summed E-state index contributed by atoms with van der Waals surface area (Å²) < 4.78 is 0. The van der Waals surface area contributed by atoms with Gasteiger partial charge in [0.05, 0.1) is 9.90 Å². The highest BCUT2D eigenvalue weighted by Crippen LogP contribution is 2.23. The molecule has 0 bridgehead atoms. The fourth-order valence-corrected chi connectivity index (χ4v) is 2.10. The van der Waals surface area contributed by atoms with Gasteiger partial charge < -0.3 is 5.73 Å². The van der Waals surface area contributed by atoms with Crippen LogP contribution in [0.3, 0.4) is 0 Å². The van der Waals surface area contributed by atoms with E-state index in [1.54, 1.807) is 6.07 Å². The van der Waals surface area contributed by atoms with Gasteiger partial charge >= 0.3 is 0 Å². The molecule has 0 spiro atoms. The SMILES string of the molecule is CC(N)CCC(=O)c1sccc1Cl.